The van der Waals surface area contributed by atoms with Gasteiger partial charge in [-0.3, -0.25) is 9.59 Å². The molecular weight excluding hydrogens is 565 g/mol. The smallest absolute Gasteiger partial charge is 0.401 e. The van der Waals surface area contributed by atoms with Gasteiger partial charge in [0.1, 0.15) is 17.3 Å². The van der Waals surface area contributed by atoms with E-state index in [0.29, 0.717) is 35.6 Å². The number of halogens is 6. The summed E-state index contributed by atoms with van der Waals surface area (Å²) in [6.45, 7) is -1.53. The number of nitrogens with one attached hydrogen (secondary N) is 3. The molecule has 3 N–H and O–H groups in total. The van der Waals surface area contributed by atoms with Gasteiger partial charge in [0, 0.05) is 40.7 Å². The van der Waals surface area contributed by atoms with Crippen LogP contribution in [0.4, 0.5) is 17.6 Å². The van der Waals surface area contributed by atoms with Gasteiger partial charge in [0.2, 0.25) is 0 Å². The highest BCUT2D eigenvalue weighted by molar-refractivity contribution is 6.31. The lowest BCUT2D eigenvalue weighted by atomic mass is 9.76. The van der Waals surface area contributed by atoms with Gasteiger partial charge in [-0.1, -0.05) is 23.2 Å². The number of alkyl halides is 3. The minimum absolute atomic E-state index is 0.00283. The van der Waals surface area contributed by atoms with Crippen LogP contribution >= 0.6 is 23.2 Å². The predicted octanol–water partition coefficient (Wildman–Crippen LogP) is 4.71. The van der Waals surface area contributed by atoms with Crippen molar-refractivity contribution in [1.82, 2.24) is 16.0 Å². The van der Waals surface area contributed by atoms with E-state index in [4.69, 9.17) is 32.7 Å². The fourth-order valence-corrected chi connectivity index (χ4v) is 5.96. The van der Waals surface area contributed by atoms with E-state index < -0.39 is 42.1 Å². The molecule has 3 fully saturated rings. The van der Waals surface area contributed by atoms with Crippen molar-refractivity contribution in [3.05, 3.63) is 57.8 Å². The molecule has 1 aliphatic heterocycles. The number of amides is 2. The molecule has 13 heteroatoms. The Balaban J connectivity index is 1.15. The van der Waals surface area contributed by atoms with E-state index >= 15 is 0 Å². The normalized spacial score (nSPS) is 27.1. The third-order valence-corrected chi connectivity index (χ3v) is 7.93. The number of fused-ring (bicyclic) bond motifs is 2. The molecule has 4 aliphatic rings. The largest absolute Gasteiger partial charge is 0.484 e. The molecule has 2 aromatic rings. The third kappa shape index (κ3) is 6.36. The van der Waals surface area contributed by atoms with Gasteiger partial charge in [0.15, 0.2) is 12.7 Å². The zero-order valence-electron chi connectivity index (χ0n) is 20.4. The van der Waals surface area contributed by atoms with Crippen LogP contribution < -0.4 is 25.4 Å². The fourth-order valence-electron chi connectivity index (χ4n) is 5.66. The summed E-state index contributed by atoms with van der Waals surface area (Å²) in [5, 5.41) is 8.69. The second-order valence-electron chi connectivity index (χ2n) is 10.3. The molecule has 0 radical (unpaired) electrons. The Morgan fingerprint density at radius 1 is 1.10 bits per heavy atom. The molecule has 0 aromatic heterocycles. The molecule has 7 nitrogen and oxygen atoms in total. The number of ether oxygens (including phenoxy) is 2. The summed E-state index contributed by atoms with van der Waals surface area (Å²) in [4.78, 5) is 25.6. The molecule has 3 atom stereocenters. The van der Waals surface area contributed by atoms with Crippen molar-refractivity contribution in [1.29, 1.82) is 0 Å². The lowest BCUT2D eigenvalue weighted by Crippen LogP contribution is -2.53. The average Bonchev–Trinajstić information content (AvgIpc) is 3.36. The maximum Gasteiger partial charge on any atom is 0.401 e. The topological polar surface area (TPSA) is 88.7 Å². The number of carbonyl (C=O) groups excluding carboxylic acids is 2. The van der Waals surface area contributed by atoms with Crippen molar-refractivity contribution in [3.63, 3.8) is 0 Å². The molecule has 3 unspecified atom stereocenters. The van der Waals surface area contributed by atoms with Crippen LogP contribution in [-0.4, -0.2) is 48.8 Å². The Bertz CT molecular complexity index is 1270. The van der Waals surface area contributed by atoms with E-state index in [2.05, 4.69) is 16.0 Å². The lowest BCUT2D eigenvalue weighted by Gasteiger charge is -2.39. The number of benzene rings is 2. The van der Waals surface area contributed by atoms with Crippen LogP contribution in [0.2, 0.25) is 10.0 Å². The molecule has 2 bridgehead atoms. The van der Waals surface area contributed by atoms with Crippen molar-refractivity contribution in [2.24, 2.45) is 5.92 Å². The van der Waals surface area contributed by atoms with Gasteiger partial charge in [-0.25, -0.2) is 4.39 Å². The summed E-state index contributed by atoms with van der Waals surface area (Å²) >= 11 is 11.7. The summed E-state index contributed by atoms with van der Waals surface area (Å²) in [6, 6.07) is 7.51. The zero-order chi connectivity index (χ0) is 27.9. The van der Waals surface area contributed by atoms with Crippen LogP contribution in [0.1, 0.15) is 37.3 Å². The van der Waals surface area contributed by atoms with E-state index in [0.717, 1.165) is 6.07 Å². The molecule has 0 saturated heterocycles. The third-order valence-electron chi connectivity index (χ3n) is 7.39. The summed E-state index contributed by atoms with van der Waals surface area (Å²) in [7, 11) is 0. The first-order valence-corrected chi connectivity index (χ1v) is 13.1. The minimum atomic E-state index is -4.42. The highest BCUT2D eigenvalue weighted by Gasteiger charge is 2.57. The van der Waals surface area contributed by atoms with Crippen LogP contribution in [0.3, 0.4) is 0 Å². The van der Waals surface area contributed by atoms with Crippen LogP contribution in [0.5, 0.6) is 11.5 Å². The van der Waals surface area contributed by atoms with Crippen molar-refractivity contribution >= 4 is 35.0 Å². The second-order valence-corrected chi connectivity index (χ2v) is 11.1. The summed E-state index contributed by atoms with van der Waals surface area (Å²) < 4.78 is 63.4. The van der Waals surface area contributed by atoms with Crippen molar-refractivity contribution < 1.29 is 36.6 Å². The van der Waals surface area contributed by atoms with Gasteiger partial charge >= 0.3 is 6.18 Å². The minimum Gasteiger partial charge on any atom is -0.484 e. The first kappa shape index (κ1) is 27.8. The summed E-state index contributed by atoms with van der Waals surface area (Å²) in [5.74, 6) is -0.838. The van der Waals surface area contributed by atoms with Crippen molar-refractivity contribution in [3.8, 4) is 11.5 Å². The van der Waals surface area contributed by atoms with E-state index in [1.54, 1.807) is 6.07 Å². The summed E-state index contributed by atoms with van der Waals surface area (Å²) in [6.07, 6.45) is -3.59. The van der Waals surface area contributed by atoms with Crippen LogP contribution in [0.25, 0.3) is 0 Å². The SMILES string of the molecule is O=C(COc1ccc(Cl)c(F)c1)NC12CC(C1)C(NC(=O)C1CC(NCC(F)(F)F)c3cc(Cl)ccc3O1)C2. The van der Waals surface area contributed by atoms with E-state index in [1.165, 1.54) is 24.3 Å². The monoisotopic (exact) mass is 589 g/mol. The Hall–Kier alpha value is -2.76. The quantitative estimate of drug-likeness (QED) is 0.388. The molecule has 39 heavy (non-hydrogen) atoms. The summed E-state index contributed by atoms with van der Waals surface area (Å²) in [5.41, 5.74) is -0.0221. The highest BCUT2D eigenvalue weighted by Crippen LogP contribution is 2.52. The molecule has 1 heterocycles. The van der Waals surface area contributed by atoms with Gasteiger partial charge in [-0.2, -0.15) is 13.2 Å². The first-order valence-electron chi connectivity index (χ1n) is 12.4. The molecule has 3 aliphatic carbocycles. The van der Waals surface area contributed by atoms with Crippen molar-refractivity contribution in [2.75, 3.05) is 13.2 Å². The van der Waals surface area contributed by atoms with Gasteiger partial charge in [0.25, 0.3) is 11.8 Å². The fraction of sp³-hybridized carbons (Fsp3) is 0.462. The lowest BCUT2D eigenvalue weighted by molar-refractivity contribution is -0.132. The van der Waals surface area contributed by atoms with E-state index in [-0.39, 0.29) is 41.7 Å². The Kier molecular flexibility index (Phi) is 7.60. The molecule has 2 aromatic carbocycles. The Labute approximate surface area is 231 Å². The number of hydrogen-bond donors (Lipinski definition) is 3. The number of hydrogen-bond acceptors (Lipinski definition) is 5. The molecule has 210 valence electrons. The van der Waals surface area contributed by atoms with Gasteiger partial charge in [-0.15, -0.1) is 0 Å². The average molecular weight is 590 g/mol. The zero-order valence-corrected chi connectivity index (χ0v) is 21.9. The molecule has 3 saturated carbocycles. The van der Waals surface area contributed by atoms with Gasteiger partial charge in [0.05, 0.1) is 11.6 Å². The van der Waals surface area contributed by atoms with E-state index in [1.807, 2.05) is 0 Å². The molecule has 6 rings (SSSR count). The maximum absolute atomic E-state index is 13.6. The highest BCUT2D eigenvalue weighted by atomic mass is 35.5. The number of carbonyl (C=O) groups is 2. The first-order chi connectivity index (χ1) is 18.4. The van der Waals surface area contributed by atoms with Crippen LogP contribution in [0, 0.1) is 11.7 Å². The second kappa shape index (κ2) is 10.7. The van der Waals surface area contributed by atoms with Crippen LogP contribution in [-0.2, 0) is 9.59 Å². The van der Waals surface area contributed by atoms with Gasteiger partial charge in [-0.05, 0) is 55.5 Å². The van der Waals surface area contributed by atoms with Crippen molar-refractivity contribution in [2.45, 2.75) is 55.6 Å². The van der Waals surface area contributed by atoms with E-state index in [9.17, 15) is 27.2 Å². The Morgan fingerprint density at radius 3 is 2.59 bits per heavy atom. The molecular formula is C26H25Cl2F4N3O4. The predicted molar refractivity (Wildman–Crippen MR) is 134 cm³/mol. The number of rotatable bonds is 8. The standard InChI is InChI=1S/C26H25Cl2F4N3O4/c27-14-1-4-21-16(5-14)19(33-12-26(30,31)32)7-22(39-21)24(37)34-20-10-25(8-13(20)9-25)35-23(36)11-38-15-2-3-17(28)18(29)6-15/h1-6,13,19-20,22,33H,7-12H2,(H,34,37)(H,35,36). The maximum atomic E-state index is 13.6. The van der Waals surface area contributed by atoms with Gasteiger partial charge < -0.3 is 25.4 Å². The van der Waals surface area contributed by atoms with Crippen LogP contribution in [0.15, 0.2) is 36.4 Å². The molecule has 0 spiro atoms. The Morgan fingerprint density at radius 2 is 1.87 bits per heavy atom. The molecule has 2 amide bonds.